The van der Waals surface area contributed by atoms with Gasteiger partial charge < -0.3 is 15.0 Å². The van der Waals surface area contributed by atoms with Crippen molar-refractivity contribution in [3.05, 3.63) is 72.9 Å². The van der Waals surface area contributed by atoms with Crippen LogP contribution in [-0.2, 0) is 4.79 Å². The Morgan fingerprint density at radius 2 is 1.84 bits per heavy atom. The van der Waals surface area contributed by atoms with Gasteiger partial charge in [0.2, 0.25) is 0 Å². The number of hydrogen-bond donors (Lipinski definition) is 3. The van der Waals surface area contributed by atoms with E-state index in [2.05, 4.69) is 20.3 Å². The van der Waals surface area contributed by atoms with Gasteiger partial charge in [-0.15, -0.1) is 0 Å². The summed E-state index contributed by atoms with van der Waals surface area (Å²) < 4.78 is 5.14. The third kappa shape index (κ3) is 3.14. The van der Waals surface area contributed by atoms with Crippen LogP contribution >= 0.6 is 0 Å². The maximum absolute atomic E-state index is 13.3. The molecule has 32 heavy (non-hydrogen) atoms. The van der Waals surface area contributed by atoms with E-state index in [0.29, 0.717) is 41.0 Å². The van der Waals surface area contributed by atoms with Gasteiger partial charge in [-0.3, -0.25) is 19.4 Å². The second-order valence-corrected chi connectivity index (χ2v) is 9.37. The maximum atomic E-state index is 13.3. The molecule has 5 rings (SSSR count). The standard InChI is InChI=1S/C24H24N4O4/c1-11-5-6-14-12(7-11)8-13(21(30)26-14)17-18-15(9-24(2,3)10-16(18)29)25-20-19(17)22(31)28-23(27-20)32-4/h5-8,17H,9-10H2,1-4H3,(H,26,30)(H2,25,27,28,31). The van der Waals surface area contributed by atoms with E-state index in [9.17, 15) is 14.4 Å². The highest BCUT2D eigenvalue weighted by Crippen LogP contribution is 2.47. The van der Waals surface area contributed by atoms with Gasteiger partial charge >= 0.3 is 0 Å². The molecule has 3 N–H and O–H groups in total. The lowest BCUT2D eigenvalue weighted by molar-refractivity contribution is -0.118. The largest absolute Gasteiger partial charge is 0.468 e. The van der Waals surface area contributed by atoms with Crippen molar-refractivity contribution in [2.45, 2.75) is 39.5 Å². The zero-order valence-electron chi connectivity index (χ0n) is 18.4. The average Bonchev–Trinajstić information content (AvgIpc) is 2.71. The van der Waals surface area contributed by atoms with Gasteiger partial charge in [-0.1, -0.05) is 25.5 Å². The van der Waals surface area contributed by atoms with Gasteiger partial charge in [-0.05, 0) is 42.3 Å². The first kappa shape index (κ1) is 20.2. The van der Waals surface area contributed by atoms with Crippen LogP contribution in [0.1, 0.15) is 49.3 Å². The minimum absolute atomic E-state index is 0.0634. The van der Waals surface area contributed by atoms with Crippen LogP contribution in [0.15, 0.2) is 45.1 Å². The molecule has 0 saturated heterocycles. The smallest absolute Gasteiger partial charge is 0.298 e. The van der Waals surface area contributed by atoms with Gasteiger partial charge in [0.05, 0.1) is 18.6 Å². The van der Waals surface area contributed by atoms with Crippen molar-refractivity contribution in [3.8, 4) is 6.01 Å². The van der Waals surface area contributed by atoms with Gasteiger partial charge in [-0.2, -0.15) is 4.98 Å². The number of ether oxygens (including phenoxy) is 1. The van der Waals surface area contributed by atoms with Gasteiger partial charge in [-0.25, -0.2) is 0 Å². The van der Waals surface area contributed by atoms with E-state index in [1.165, 1.54) is 7.11 Å². The second kappa shape index (κ2) is 6.91. The number of carbonyl (C=O) groups excluding carboxylic acids is 1. The summed E-state index contributed by atoms with van der Waals surface area (Å²) in [6.07, 6.45) is 0.941. The first-order valence-electron chi connectivity index (χ1n) is 10.5. The number of aryl methyl sites for hydroxylation is 1. The summed E-state index contributed by atoms with van der Waals surface area (Å²) in [7, 11) is 1.42. The number of aromatic amines is 2. The number of fused-ring (bicyclic) bond motifs is 2. The molecule has 164 valence electrons. The monoisotopic (exact) mass is 432 g/mol. The molecule has 0 spiro atoms. The normalized spacial score (nSPS) is 19.4. The average molecular weight is 432 g/mol. The number of anilines is 1. The SMILES string of the molecule is COc1nc2c(c(=O)[nH]1)C(c1cc3cc(C)ccc3[nH]c1=O)C1=C(CC(C)(C)CC1=O)N2. The van der Waals surface area contributed by atoms with E-state index in [1.807, 2.05) is 39.0 Å². The Balaban J connectivity index is 1.83. The molecule has 8 nitrogen and oxygen atoms in total. The van der Waals surface area contributed by atoms with Crippen LogP contribution in [0.4, 0.5) is 5.82 Å². The van der Waals surface area contributed by atoms with Gasteiger partial charge in [0.15, 0.2) is 5.78 Å². The molecule has 2 aliphatic rings. The molecule has 3 heterocycles. The van der Waals surface area contributed by atoms with Crippen LogP contribution in [0.25, 0.3) is 10.9 Å². The second-order valence-electron chi connectivity index (χ2n) is 9.37. The third-order valence-electron chi connectivity index (χ3n) is 6.23. The van der Waals surface area contributed by atoms with E-state index in [0.717, 1.165) is 10.9 Å². The molecule has 1 aromatic carbocycles. The Bertz CT molecular complexity index is 1440. The molecule has 0 bridgehead atoms. The highest BCUT2D eigenvalue weighted by Gasteiger charge is 2.43. The Morgan fingerprint density at radius 1 is 1.06 bits per heavy atom. The quantitative estimate of drug-likeness (QED) is 0.573. The number of carbonyl (C=O) groups is 1. The lowest BCUT2D eigenvalue weighted by Gasteiger charge is -2.38. The van der Waals surface area contributed by atoms with Gasteiger partial charge in [0, 0.05) is 28.8 Å². The van der Waals surface area contributed by atoms with Gasteiger partial charge in [0.25, 0.3) is 17.1 Å². The molecule has 3 aromatic rings. The van der Waals surface area contributed by atoms with E-state index in [4.69, 9.17) is 4.74 Å². The van der Waals surface area contributed by atoms with Crippen LogP contribution in [0.5, 0.6) is 6.01 Å². The molecule has 0 saturated carbocycles. The van der Waals surface area contributed by atoms with E-state index in [-0.39, 0.29) is 28.3 Å². The first-order valence-corrected chi connectivity index (χ1v) is 10.5. The van der Waals surface area contributed by atoms with E-state index >= 15 is 0 Å². The summed E-state index contributed by atoms with van der Waals surface area (Å²) in [5.41, 5.74) is 2.48. The Labute approximate surface area is 183 Å². The summed E-state index contributed by atoms with van der Waals surface area (Å²) in [6.45, 7) is 6.02. The van der Waals surface area contributed by atoms with Crippen LogP contribution < -0.4 is 21.2 Å². The molecular formula is C24H24N4O4. The topological polar surface area (TPSA) is 117 Å². The van der Waals surface area contributed by atoms with Crippen molar-refractivity contribution < 1.29 is 9.53 Å². The molecule has 8 heteroatoms. The van der Waals surface area contributed by atoms with Crippen molar-refractivity contribution in [3.63, 3.8) is 0 Å². The number of pyridine rings is 1. The van der Waals surface area contributed by atoms with Crippen molar-refractivity contribution in [2.75, 3.05) is 12.4 Å². The number of benzene rings is 1. The Kier molecular flexibility index (Phi) is 4.37. The molecule has 1 atom stereocenters. The number of nitrogens with zero attached hydrogens (tertiary/aromatic N) is 1. The van der Waals surface area contributed by atoms with Crippen LogP contribution in [0.2, 0.25) is 0 Å². The lowest BCUT2D eigenvalue weighted by atomic mass is 9.69. The number of allylic oxidation sites excluding steroid dienone is 2. The summed E-state index contributed by atoms with van der Waals surface area (Å²) >= 11 is 0. The lowest BCUT2D eigenvalue weighted by Crippen LogP contribution is -2.38. The first-order chi connectivity index (χ1) is 15.2. The fourth-order valence-corrected chi connectivity index (χ4v) is 4.86. The molecule has 1 aliphatic heterocycles. The zero-order chi connectivity index (χ0) is 22.8. The van der Waals surface area contributed by atoms with Crippen LogP contribution in [0, 0.1) is 12.3 Å². The van der Waals surface area contributed by atoms with E-state index in [1.54, 1.807) is 6.07 Å². The van der Waals surface area contributed by atoms with Crippen molar-refractivity contribution in [1.29, 1.82) is 0 Å². The third-order valence-corrected chi connectivity index (χ3v) is 6.23. The number of nitrogens with one attached hydrogen (secondary N) is 3. The number of rotatable bonds is 2. The maximum Gasteiger partial charge on any atom is 0.298 e. The zero-order valence-corrected chi connectivity index (χ0v) is 18.4. The minimum Gasteiger partial charge on any atom is -0.468 e. The minimum atomic E-state index is -0.819. The molecule has 1 aliphatic carbocycles. The van der Waals surface area contributed by atoms with Crippen molar-refractivity contribution in [1.82, 2.24) is 15.0 Å². The van der Waals surface area contributed by atoms with Crippen LogP contribution in [0.3, 0.4) is 0 Å². The molecule has 1 unspecified atom stereocenters. The Morgan fingerprint density at radius 3 is 2.59 bits per heavy atom. The number of ketones is 1. The van der Waals surface area contributed by atoms with Crippen molar-refractivity contribution in [2.24, 2.45) is 5.41 Å². The molecular weight excluding hydrogens is 408 g/mol. The molecule has 0 amide bonds. The number of Topliss-reactive ketones (excluding diaryl/α,β-unsaturated/α-hetero) is 1. The number of methoxy groups -OCH3 is 1. The summed E-state index contributed by atoms with van der Waals surface area (Å²) in [6, 6.07) is 7.58. The van der Waals surface area contributed by atoms with E-state index < -0.39 is 11.5 Å². The highest BCUT2D eigenvalue weighted by molar-refractivity contribution is 6.01. The summed E-state index contributed by atoms with van der Waals surface area (Å²) in [5.74, 6) is -0.581. The molecule has 0 radical (unpaired) electrons. The predicted octanol–water partition coefficient (Wildman–Crippen LogP) is 3.13. The van der Waals surface area contributed by atoms with Crippen molar-refractivity contribution >= 4 is 22.5 Å². The fraction of sp³-hybridized carbons (Fsp3) is 0.333. The molecule has 2 aromatic heterocycles. The fourth-order valence-electron chi connectivity index (χ4n) is 4.86. The highest BCUT2D eigenvalue weighted by atomic mass is 16.5. The summed E-state index contributed by atoms with van der Waals surface area (Å²) in [5, 5.41) is 4.04. The van der Waals surface area contributed by atoms with Gasteiger partial charge in [0.1, 0.15) is 5.82 Å². The number of H-pyrrole nitrogens is 2. The number of aromatic nitrogens is 3. The Hall–Kier alpha value is -3.68. The predicted molar refractivity (Wildman–Crippen MR) is 121 cm³/mol. The summed E-state index contributed by atoms with van der Waals surface area (Å²) in [4.78, 5) is 49.5. The molecule has 0 fully saturated rings. The van der Waals surface area contributed by atoms with Crippen LogP contribution in [-0.4, -0.2) is 27.8 Å². The number of hydrogen-bond acceptors (Lipinski definition) is 6.